The van der Waals surface area contributed by atoms with Crippen LogP contribution in [0.5, 0.6) is 11.5 Å². The number of thiophene rings is 1. The van der Waals surface area contributed by atoms with E-state index in [0.717, 1.165) is 6.42 Å². The number of amides is 1. The molecular weight excluding hydrogens is 274 g/mol. The third kappa shape index (κ3) is 3.11. The van der Waals surface area contributed by atoms with E-state index in [9.17, 15) is 15.0 Å². The molecule has 0 aliphatic heterocycles. The fourth-order valence-corrected chi connectivity index (χ4v) is 2.77. The van der Waals surface area contributed by atoms with Crippen molar-refractivity contribution in [3.05, 3.63) is 46.2 Å². The Labute approximate surface area is 121 Å². The van der Waals surface area contributed by atoms with Gasteiger partial charge in [-0.1, -0.05) is 6.07 Å². The van der Waals surface area contributed by atoms with Crippen molar-refractivity contribution in [3.8, 4) is 11.5 Å². The monoisotopic (exact) mass is 291 g/mol. The van der Waals surface area contributed by atoms with Crippen LogP contribution in [0.15, 0.2) is 35.7 Å². The SMILES string of the molecule is CC(Cc1cccs1)N(C)C(=O)c1ccc(O)cc1O. The molecule has 106 valence electrons. The summed E-state index contributed by atoms with van der Waals surface area (Å²) in [6.45, 7) is 1.97. The lowest BCUT2D eigenvalue weighted by Crippen LogP contribution is -2.36. The maximum atomic E-state index is 12.3. The van der Waals surface area contributed by atoms with Crippen molar-refractivity contribution >= 4 is 17.2 Å². The first kappa shape index (κ1) is 14.4. The molecule has 0 fully saturated rings. The summed E-state index contributed by atoms with van der Waals surface area (Å²) in [4.78, 5) is 15.2. The van der Waals surface area contributed by atoms with Gasteiger partial charge in [-0.15, -0.1) is 11.3 Å². The molecule has 0 aliphatic carbocycles. The molecule has 4 nitrogen and oxygen atoms in total. The fourth-order valence-electron chi connectivity index (χ4n) is 1.95. The Bertz CT molecular complexity index is 595. The highest BCUT2D eigenvalue weighted by atomic mass is 32.1. The Morgan fingerprint density at radius 3 is 2.70 bits per heavy atom. The van der Waals surface area contributed by atoms with Crippen molar-refractivity contribution in [2.24, 2.45) is 0 Å². The van der Waals surface area contributed by atoms with Crippen LogP contribution in [0.3, 0.4) is 0 Å². The third-order valence-electron chi connectivity index (χ3n) is 3.27. The second-order valence-electron chi connectivity index (χ2n) is 4.75. The molecular formula is C15H17NO3S. The Hall–Kier alpha value is -2.01. The number of hydrogen-bond acceptors (Lipinski definition) is 4. The van der Waals surface area contributed by atoms with Crippen LogP contribution in [0, 0.1) is 0 Å². The van der Waals surface area contributed by atoms with Gasteiger partial charge in [0.25, 0.3) is 5.91 Å². The summed E-state index contributed by atoms with van der Waals surface area (Å²) in [7, 11) is 1.72. The molecule has 0 aliphatic rings. The Balaban J connectivity index is 2.11. The molecule has 2 aromatic rings. The highest BCUT2D eigenvalue weighted by Gasteiger charge is 2.20. The topological polar surface area (TPSA) is 60.8 Å². The summed E-state index contributed by atoms with van der Waals surface area (Å²) in [5.41, 5.74) is 0.198. The lowest BCUT2D eigenvalue weighted by molar-refractivity contribution is 0.0741. The van der Waals surface area contributed by atoms with Crippen molar-refractivity contribution in [3.63, 3.8) is 0 Å². The van der Waals surface area contributed by atoms with Crippen molar-refractivity contribution in [1.29, 1.82) is 0 Å². The number of carbonyl (C=O) groups is 1. The zero-order valence-corrected chi connectivity index (χ0v) is 12.2. The summed E-state index contributed by atoms with van der Waals surface area (Å²) < 4.78 is 0. The predicted octanol–water partition coefficient (Wildman–Crippen LogP) is 2.86. The van der Waals surface area contributed by atoms with E-state index < -0.39 is 0 Å². The van der Waals surface area contributed by atoms with Crippen LogP contribution in [-0.4, -0.2) is 34.1 Å². The van der Waals surface area contributed by atoms with E-state index in [1.165, 1.54) is 23.1 Å². The van der Waals surface area contributed by atoms with E-state index in [2.05, 4.69) is 0 Å². The van der Waals surface area contributed by atoms with Crippen molar-refractivity contribution in [2.75, 3.05) is 7.05 Å². The minimum atomic E-state index is -0.258. The molecule has 1 unspecified atom stereocenters. The number of rotatable bonds is 4. The van der Waals surface area contributed by atoms with Gasteiger partial charge in [0.2, 0.25) is 0 Å². The number of likely N-dealkylation sites (N-methyl/N-ethyl adjacent to an activating group) is 1. The molecule has 0 radical (unpaired) electrons. The number of nitrogens with zero attached hydrogens (tertiary/aromatic N) is 1. The first-order chi connectivity index (χ1) is 9.49. The van der Waals surface area contributed by atoms with E-state index in [4.69, 9.17) is 0 Å². The van der Waals surface area contributed by atoms with Crippen LogP contribution >= 0.6 is 11.3 Å². The minimum Gasteiger partial charge on any atom is -0.508 e. The Morgan fingerprint density at radius 1 is 1.35 bits per heavy atom. The molecule has 1 atom stereocenters. The summed E-state index contributed by atoms with van der Waals surface area (Å²) in [6.07, 6.45) is 0.777. The molecule has 1 aromatic heterocycles. The third-order valence-corrected chi connectivity index (χ3v) is 4.17. The van der Waals surface area contributed by atoms with Gasteiger partial charge in [0.1, 0.15) is 11.5 Å². The van der Waals surface area contributed by atoms with Gasteiger partial charge in [0.15, 0.2) is 0 Å². The number of carbonyl (C=O) groups excluding carboxylic acids is 1. The van der Waals surface area contributed by atoms with Crippen LogP contribution in [0.25, 0.3) is 0 Å². The van der Waals surface area contributed by atoms with Gasteiger partial charge in [-0.25, -0.2) is 0 Å². The Morgan fingerprint density at radius 2 is 2.10 bits per heavy atom. The second kappa shape index (κ2) is 5.96. The molecule has 1 heterocycles. The zero-order valence-electron chi connectivity index (χ0n) is 11.4. The lowest BCUT2D eigenvalue weighted by atomic mass is 10.1. The van der Waals surface area contributed by atoms with Crippen LogP contribution < -0.4 is 0 Å². The summed E-state index contributed by atoms with van der Waals surface area (Å²) >= 11 is 1.66. The van der Waals surface area contributed by atoms with Gasteiger partial charge < -0.3 is 15.1 Å². The lowest BCUT2D eigenvalue weighted by Gasteiger charge is -2.25. The quantitative estimate of drug-likeness (QED) is 0.910. The molecule has 1 aromatic carbocycles. The van der Waals surface area contributed by atoms with Gasteiger partial charge in [-0.05, 0) is 30.5 Å². The minimum absolute atomic E-state index is 0.0225. The van der Waals surface area contributed by atoms with Gasteiger partial charge in [0.05, 0.1) is 5.56 Å². The van der Waals surface area contributed by atoms with Crippen LogP contribution in [0.2, 0.25) is 0 Å². The van der Waals surface area contributed by atoms with E-state index in [1.54, 1.807) is 23.3 Å². The molecule has 0 bridgehead atoms. The van der Waals surface area contributed by atoms with Crippen molar-refractivity contribution in [2.45, 2.75) is 19.4 Å². The van der Waals surface area contributed by atoms with Crippen molar-refractivity contribution < 1.29 is 15.0 Å². The molecule has 0 saturated carbocycles. The fraction of sp³-hybridized carbons (Fsp3) is 0.267. The van der Waals surface area contributed by atoms with Gasteiger partial charge >= 0.3 is 0 Å². The predicted molar refractivity (Wildman–Crippen MR) is 79.4 cm³/mol. The average molecular weight is 291 g/mol. The Kier molecular flexibility index (Phi) is 4.29. The molecule has 2 rings (SSSR count). The molecule has 20 heavy (non-hydrogen) atoms. The number of benzene rings is 1. The normalized spacial score (nSPS) is 12.1. The van der Waals surface area contributed by atoms with E-state index in [1.807, 2.05) is 24.4 Å². The van der Waals surface area contributed by atoms with Crippen LogP contribution in [0.4, 0.5) is 0 Å². The largest absolute Gasteiger partial charge is 0.508 e. The molecule has 0 saturated heterocycles. The number of hydrogen-bond donors (Lipinski definition) is 2. The number of phenols is 2. The molecule has 5 heteroatoms. The van der Waals surface area contributed by atoms with E-state index in [-0.39, 0.29) is 29.0 Å². The van der Waals surface area contributed by atoms with Gasteiger partial charge in [-0.3, -0.25) is 4.79 Å². The van der Waals surface area contributed by atoms with E-state index >= 15 is 0 Å². The summed E-state index contributed by atoms with van der Waals surface area (Å²) in [6, 6.07) is 8.05. The highest BCUT2D eigenvalue weighted by molar-refractivity contribution is 7.09. The zero-order chi connectivity index (χ0) is 14.7. The van der Waals surface area contributed by atoms with Gasteiger partial charge in [0, 0.05) is 30.5 Å². The van der Waals surface area contributed by atoms with Crippen LogP contribution in [-0.2, 0) is 6.42 Å². The molecule has 1 amide bonds. The van der Waals surface area contributed by atoms with Gasteiger partial charge in [-0.2, -0.15) is 0 Å². The first-order valence-electron chi connectivity index (χ1n) is 6.30. The molecule has 2 N–H and O–H groups in total. The first-order valence-corrected chi connectivity index (χ1v) is 7.18. The standard InChI is InChI=1S/C15H17NO3S/c1-10(8-12-4-3-7-20-12)16(2)15(19)13-6-5-11(17)9-14(13)18/h3-7,9-10,17-18H,8H2,1-2H3. The molecule has 0 spiro atoms. The van der Waals surface area contributed by atoms with Crippen LogP contribution in [0.1, 0.15) is 22.2 Å². The summed E-state index contributed by atoms with van der Waals surface area (Å²) in [5.74, 6) is -0.523. The number of aromatic hydroxyl groups is 2. The van der Waals surface area contributed by atoms with E-state index in [0.29, 0.717) is 0 Å². The highest BCUT2D eigenvalue weighted by Crippen LogP contribution is 2.24. The average Bonchev–Trinajstić information content (AvgIpc) is 2.90. The van der Waals surface area contributed by atoms with Crippen molar-refractivity contribution in [1.82, 2.24) is 4.90 Å². The maximum absolute atomic E-state index is 12.3. The smallest absolute Gasteiger partial charge is 0.257 e. The number of phenolic OH excluding ortho intramolecular Hbond substituents is 2. The second-order valence-corrected chi connectivity index (χ2v) is 5.78. The summed E-state index contributed by atoms with van der Waals surface area (Å²) in [5, 5.41) is 21.0. The maximum Gasteiger partial charge on any atom is 0.257 e.